The fraction of sp³-hybridized carbons (Fsp3) is 0.455. The summed E-state index contributed by atoms with van der Waals surface area (Å²) in [5.74, 6) is 1.74. The van der Waals surface area contributed by atoms with E-state index >= 15 is 0 Å². The fourth-order valence-corrected chi connectivity index (χ4v) is 1.80. The Morgan fingerprint density at radius 3 is 2.93 bits per heavy atom. The Labute approximate surface area is 83.8 Å². The number of pyridine rings is 1. The monoisotopic (exact) mass is 190 g/mol. The Bertz CT molecular complexity index is 321. The van der Waals surface area contributed by atoms with Crippen LogP contribution in [-0.2, 0) is 0 Å². The van der Waals surface area contributed by atoms with Crippen LogP contribution >= 0.6 is 0 Å². The molecule has 0 saturated carbocycles. The average Bonchev–Trinajstić information content (AvgIpc) is 2.65. The molecule has 1 aromatic heterocycles. The Morgan fingerprint density at radius 2 is 2.43 bits per heavy atom. The third-order valence-electron chi connectivity index (χ3n) is 2.65. The summed E-state index contributed by atoms with van der Waals surface area (Å²) in [4.78, 5) is 17.0. The maximum absolute atomic E-state index is 10.4. The molecule has 0 spiro atoms. The van der Waals surface area contributed by atoms with Gasteiger partial charge in [-0.2, -0.15) is 0 Å². The largest absolute Gasteiger partial charge is 0.356 e. The molecule has 0 amide bonds. The lowest BCUT2D eigenvalue weighted by molar-refractivity contribution is 0.112. The quantitative estimate of drug-likeness (QED) is 0.666. The van der Waals surface area contributed by atoms with Gasteiger partial charge in [0.25, 0.3) is 0 Å². The highest BCUT2D eigenvalue weighted by molar-refractivity contribution is 5.74. The Morgan fingerprint density at radius 1 is 1.57 bits per heavy atom. The molecule has 1 fully saturated rings. The van der Waals surface area contributed by atoms with Gasteiger partial charge >= 0.3 is 0 Å². The lowest BCUT2D eigenvalue weighted by Crippen LogP contribution is -2.20. The normalized spacial score (nSPS) is 21.2. The zero-order chi connectivity index (χ0) is 9.97. The summed E-state index contributed by atoms with van der Waals surface area (Å²) in [6.45, 7) is 4.40. The molecule has 0 radical (unpaired) electrons. The number of hydrogen-bond donors (Lipinski definition) is 0. The van der Waals surface area contributed by atoms with Gasteiger partial charge in [0.05, 0.1) is 0 Å². The highest BCUT2D eigenvalue weighted by Crippen LogP contribution is 2.21. The number of anilines is 1. The molecule has 0 aromatic carbocycles. The van der Waals surface area contributed by atoms with E-state index in [1.165, 1.54) is 6.42 Å². The number of nitrogens with zero attached hydrogens (tertiary/aromatic N) is 2. The third-order valence-corrected chi connectivity index (χ3v) is 2.65. The highest BCUT2D eigenvalue weighted by Gasteiger charge is 2.19. The van der Waals surface area contributed by atoms with E-state index in [9.17, 15) is 4.79 Å². The summed E-state index contributed by atoms with van der Waals surface area (Å²) in [6.07, 6.45) is 3.69. The second-order valence-corrected chi connectivity index (χ2v) is 3.91. The predicted molar refractivity (Wildman–Crippen MR) is 55.6 cm³/mol. The number of hydrogen-bond acceptors (Lipinski definition) is 3. The van der Waals surface area contributed by atoms with E-state index in [1.807, 2.05) is 12.1 Å². The van der Waals surface area contributed by atoms with Crippen LogP contribution < -0.4 is 4.90 Å². The molecule has 1 unspecified atom stereocenters. The van der Waals surface area contributed by atoms with Crippen molar-refractivity contribution in [2.24, 2.45) is 5.92 Å². The first kappa shape index (κ1) is 9.19. The number of carbonyl (C=O) groups is 1. The van der Waals surface area contributed by atoms with Crippen molar-refractivity contribution in [1.29, 1.82) is 0 Å². The molecule has 1 aliphatic heterocycles. The van der Waals surface area contributed by atoms with Crippen molar-refractivity contribution in [2.45, 2.75) is 13.3 Å². The van der Waals surface area contributed by atoms with E-state index in [0.717, 1.165) is 31.1 Å². The fourth-order valence-electron chi connectivity index (χ4n) is 1.80. The average molecular weight is 190 g/mol. The maximum atomic E-state index is 10.4. The van der Waals surface area contributed by atoms with Gasteiger partial charge in [0.1, 0.15) is 5.82 Å². The van der Waals surface area contributed by atoms with Gasteiger partial charge in [-0.1, -0.05) is 6.92 Å². The van der Waals surface area contributed by atoms with E-state index in [1.54, 1.807) is 6.20 Å². The SMILES string of the molecule is CC1CCN(c2ccc(C=O)cn2)C1. The second-order valence-electron chi connectivity index (χ2n) is 3.91. The molecule has 14 heavy (non-hydrogen) atoms. The van der Waals surface area contributed by atoms with Crippen LogP contribution in [0.5, 0.6) is 0 Å². The summed E-state index contributed by atoms with van der Waals surface area (Å²) in [5.41, 5.74) is 0.640. The molecular weight excluding hydrogens is 176 g/mol. The van der Waals surface area contributed by atoms with E-state index in [0.29, 0.717) is 5.56 Å². The summed E-state index contributed by atoms with van der Waals surface area (Å²) in [6, 6.07) is 3.74. The van der Waals surface area contributed by atoms with Crippen LogP contribution in [-0.4, -0.2) is 24.4 Å². The summed E-state index contributed by atoms with van der Waals surface area (Å²) in [5, 5.41) is 0. The molecular formula is C11H14N2O. The zero-order valence-electron chi connectivity index (χ0n) is 8.31. The van der Waals surface area contributed by atoms with E-state index < -0.39 is 0 Å². The smallest absolute Gasteiger partial charge is 0.151 e. The molecule has 3 nitrogen and oxygen atoms in total. The van der Waals surface area contributed by atoms with E-state index in [-0.39, 0.29) is 0 Å². The minimum Gasteiger partial charge on any atom is -0.356 e. The highest BCUT2D eigenvalue weighted by atomic mass is 16.1. The van der Waals surface area contributed by atoms with Crippen LogP contribution in [0.2, 0.25) is 0 Å². The van der Waals surface area contributed by atoms with Gasteiger partial charge in [-0.25, -0.2) is 4.98 Å². The first-order valence-electron chi connectivity index (χ1n) is 4.96. The molecule has 0 bridgehead atoms. The van der Waals surface area contributed by atoms with Gasteiger partial charge in [0.15, 0.2) is 6.29 Å². The van der Waals surface area contributed by atoms with E-state index in [2.05, 4.69) is 16.8 Å². The van der Waals surface area contributed by atoms with Gasteiger partial charge in [0.2, 0.25) is 0 Å². The Kier molecular flexibility index (Phi) is 2.48. The molecule has 3 heteroatoms. The van der Waals surface area contributed by atoms with Gasteiger partial charge in [-0.3, -0.25) is 4.79 Å². The van der Waals surface area contributed by atoms with Crippen LogP contribution in [0, 0.1) is 5.92 Å². The van der Waals surface area contributed by atoms with Crippen LogP contribution in [0.25, 0.3) is 0 Å². The van der Waals surface area contributed by atoms with Crippen molar-refractivity contribution in [3.8, 4) is 0 Å². The van der Waals surface area contributed by atoms with Gasteiger partial charge < -0.3 is 4.90 Å². The topological polar surface area (TPSA) is 33.2 Å². The minimum atomic E-state index is 0.640. The first-order valence-corrected chi connectivity index (χ1v) is 4.96. The summed E-state index contributed by atoms with van der Waals surface area (Å²) in [7, 11) is 0. The minimum absolute atomic E-state index is 0.640. The zero-order valence-corrected chi connectivity index (χ0v) is 8.31. The predicted octanol–water partition coefficient (Wildman–Crippen LogP) is 1.74. The van der Waals surface area contributed by atoms with Crippen molar-refractivity contribution in [3.05, 3.63) is 23.9 Å². The van der Waals surface area contributed by atoms with Crippen LogP contribution in [0.15, 0.2) is 18.3 Å². The molecule has 1 aliphatic rings. The number of aromatic nitrogens is 1. The number of aldehydes is 1. The molecule has 0 aliphatic carbocycles. The number of rotatable bonds is 2. The Balaban J connectivity index is 2.13. The molecule has 2 rings (SSSR count). The van der Waals surface area contributed by atoms with Gasteiger partial charge in [-0.15, -0.1) is 0 Å². The third kappa shape index (κ3) is 1.76. The van der Waals surface area contributed by atoms with Crippen molar-refractivity contribution in [3.63, 3.8) is 0 Å². The molecule has 2 heterocycles. The summed E-state index contributed by atoms with van der Waals surface area (Å²) >= 11 is 0. The van der Waals surface area contributed by atoms with Crippen molar-refractivity contribution in [2.75, 3.05) is 18.0 Å². The lowest BCUT2D eigenvalue weighted by Gasteiger charge is -2.16. The molecule has 1 aromatic rings. The molecule has 1 atom stereocenters. The van der Waals surface area contributed by atoms with Crippen LogP contribution in [0.3, 0.4) is 0 Å². The summed E-state index contributed by atoms with van der Waals surface area (Å²) < 4.78 is 0. The van der Waals surface area contributed by atoms with Crippen molar-refractivity contribution in [1.82, 2.24) is 4.98 Å². The Hall–Kier alpha value is -1.38. The lowest BCUT2D eigenvalue weighted by atomic mass is 10.2. The molecule has 1 saturated heterocycles. The first-order chi connectivity index (χ1) is 6.79. The standard InChI is InChI=1S/C11H14N2O/c1-9-4-5-13(7-9)11-3-2-10(8-14)6-12-11/h2-3,6,8-9H,4-5,7H2,1H3. The second kappa shape index (κ2) is 3.78. The van der Waals surface area contributed by atoms with E-state index in [4.69, 9.17) is 0 Å². The van der Waals surface area contributed by atoms with Crippen LogP contribution in [0.1, 0.15) is 23.7 Å². The maximum Gasteiger partial charge on any atom is 0.151 e. The van der Waals surface area contributed by atoms with Crippen molar-refractivity contribution >= 4 is 12.1 Å². The van der Waals surface area contributed by atoms with Gasteiger partial charge in [-0.05, 0) is 24.5 Å². The van der Waals surface area contributed by atoms with Gasteiger partial charge in [0, 0.05) is 24.8 Å². The van der Waals surface area contributed by atoms with Crippen LogP contribution in [0.4, 0.5) is 5.82 Å². The molecule has 0 N–H and O–H groups in total. The number of carbonyl (C=O) groups excluding carboxylic acids is 1. The van der Waals surface area contributed by atoms with Crippen molar-refractivity contribution < 1.29 is 4.79 Å². The molecule has 74 valence electrons.